The van der Waals surface area contributed by atoms with E-state index in [1.165, 1.54) is 0 Å². The third-order valence-electron chi connectivity index (χ3n) is 5.88. The highest BCUT2D eigenvalue weighted by Crippen LogP contribution is 2.37. The Morgan fingerprint density at radius 2 is 2.00 bits per heavy atom. The van der Waals surface area contributed by atoms with Gasteiger partial charge in [0, 0.05) is 36.2 Å². The molecule has 0 spiro atoms. The Labute approximate surface area is 196 Å². The smallest absolute Gasteiger partial charge is 0.262 e. The summed E-state index contributed by atoms with van der Waals surface area (Å²) in [4.78, 5) is 30.8. The van der Waals surface area contributed by atoms with E-state index in [1.54, 1.807) is 30.0 Å². The first-order valence-electron chi connectivity index (χ1n) is 11.2. The highest BCUT2D eigenvalue weighted by atomic mass is 16.5. The molecule has 0 atom stereocenters. The largest absolute Gasteiger partial charge is 0.496 e. The van der Waals surface area contributed by atoms with Gasteiger partial charge in [0.25, 0.3) is 5.56 Å². The first-order chi connectivity index (χ1) is 16.4. The quantitative estimate of drug-likeness (QED) is 0.296. The summed E-state index contributed by atoms with van der Waals surface area (Å²) < 4.78 is 12.6. The van der Waals surface area contributed by atoms with Gasteiger partial charge >= 0.3 is 0 Å². The number of fused-ring (bicyclic) bond motifs is 1. The van der Waals surface area contributed by atoms with Crippen molar-refractivity contribution < 1.29 is 19.2 Å². The predicted molar refractivity (Wildman–Crippen MR) is 128 cm³/mol. The molecule has 0 fully saturated rings. The second-order valence-electron chi connectivity index (χ2n) is 8.18. The molecule has 0 amide bonds. The molecular weight excluding hydrogens is 434 g/mol. The van der Waals surface area contributed by atoms with Crippen molar-refractivity contribution in [2.75, 3.05) is 13.7 Å². The molecule has 0 saturated carbocycles. The number of aliphatic hydroxyl groups is 1. The van der Waals surface area contributed by atoms with E-state index in [-0.39, 0.29) is 36.5 Å². The van der Waals surface area contributed by atoms with Crippen molar-refractivity contribution >= 4 is 16.7 Å². The fourth-order valence-corrected chi connectivity index (χ4v) is 4.18. The van der Waals surface area contributed by atoms with Crippen LogP contribution in [0.4, 0.5) is 0 Å². The van der Waals surface area contributed by atoms with Crippen molar-refractivity contribution in [3.05, 3.63) is 75.7 Å². The molecule has 0 aliphatic rings. The zero-order chi connectivity index (χ0) is 24.2. The van der Waals surface area contributed by atoms with Crippen molar-refractivity contribution in [3.63, 3.8) is 0 Å². The number of methoxy groups -OCH3 is 1. The van der Waals surface area contributed by atoms with Crippen molar-refractivity contribution in [3.8, 4) is 16.9 Å². The lowest BCUT2D eigenvalue weighted by molar-refractivity contribution is 0.0975. The number of aryl methyl sites for hydroxylation is 2. The molecule has 0 unspecified atom stereocenters. The number of ketones is 1. The lowest BCUT2D eigenvalue weighted by atomic mass is 9.98. The van der Waals surface area contributed by atoms with Crippen LogP contribution >= 0.6 is 0 Å². The van der Waals surface area contributed by atoms with Crippen LogP contribution in [0.1, 0.15) is 46.8 Å². The Morgan fingerprint density at radius 1 is 1.18 bits per heavy atom. The van der Waals surface area contributed by atoms with E-state index in [2.05, 4.69) is 10.1 Å². The maximum atomic E-state index is 13.5. The Bertz CT molecular complexity index is 1370. The van der Waals surface area contributed by atoms with Gasteiger partial charge in [-0.2, -0.15) is 0 Å². The molecule has 8 heteroatoms. The zero-order valence-corrected chi connectivity index (χ0v) is 19.5. The number of unbranched alkanes of at least 4 members (excludes halogenated alkanes) is 1. The lowest BCUT2D eigenvalue weighted by Crippen LogP contribution is -2.27. The van der Waals surface area contributed by atoms with Crippen molar-refractivity contribution in [2.45, 2.75) is 39.7 Å². The second kappa shape index (κ2) is 10.0. The zero-order valence-electron chi connectivity index (χ0n) is 19.5. The van der Waals surface area contributed by atoms with Gasteiger partial charge in [0.15, 0.2) is 5.78 Å². The number of aromatic nitrogens is 3. The number of aliphatic hydroxyl groups excluding tert-OH is 1. The van der Waals surface area contributed by atoms with Crippen LogP contribution in [0.25, 0.3) is 22.0 Å². The van der Waals surface area contributed by atoms with E-state index in [1.807, 2.05) is 38.1 Å². The molecule has 3 aromatic heterocycles. The van der Waals surface area contributed by atoms with Gasteiger partial charge < -0.3 is 18.9 Å². The van der Waals surface area contributed by atoms with Crippen LogP contribution in [0.3, 0.4) is 0 Å². The van der Waals surface area contributed by atoms with Crippen LogP contribution in [0.5, 0.6) is 5.75 Å². The number of Topliss-reactive ketones (excluding diaryl/α,β-unsaturated/α-hetero) is 1. The van der Waals surface area contributed by atoms with Gasteiger partial charge in [-0.25, -0.2) is 0 Å². The van der Waals surface area contributed by atoms with Crippen LogP contribution in [-0.4, -0.2) is 39.3 Å². The molecule has 1 aromatic carbocycles. The Balaban J connectivity index is 1.95. The number of nitrogens with zero attached hydrogens (tertiary/aromatic N) is 3. The molecule has 0 radical (unpaired) electrons. The van der Waals surface area contributed by atoms with Gasteiger partial charge in [-0.3, -0.25) is 14.6 Å². The summed E-state index contributed by atoms with van der Waals surface area (Å²) in [6, 6.07) is 10.9. The molecule has 8 nitrogen and oxygen atoms in total. The van der Waals surface area contributed by atoms with Crippen LogP contribution in [-0.2, 0) is 6.54 Å². The average molecular weight is 462 g/mol. The highest BCUT2D eigenvalue weighted by Gasteiger charge is 2.21. The minimum absolute atomic E-state index is 0.00943. The topological polar surface area (TPSA) is 107 Å². The lowest BCUT2D eigenvalue weighted by Gasteiger charge is -2.16. The number of benzene rings is 1. The summed E-state index contributed by atoms with van der Waals surface area (Å²) in [6.07, 6.45) is 2.88. The second-order valence-corrected chi connectivity index (χ2v) is 8.18. The minimum atomic E-state index is -0.376. The minimum Gasteiger partial charge on any atom is -0.496 e. The average Bonchev–Trinajstić information content (AvgIpc) is 3.18. The maximum Gasteiger partial charge on any atom is 0.262 e. The van der Waals surface area contributed by atoms with Crippen LogP contribution in [0.2, 0.25) is 0 Å². The summed E-state index contributed by atoms with van der Waals surface area (Å²) >= 11 is 0. The van der Waals surface area contributed by atoms with E-state index in [0.717, 1.165) is 22.2 Å². The highest BCUT2D eigenvalue weighted by molar-refractivity contribution is 6.00. The van der Waals surface area contributed by atoms with Gasteiger partial charge in [-0.1, -0.05) is 11.2 Å². The molecule has 0 saturated heterocycles. The molecule has 4 aromatic rings. The van der Waals surface area contributed by atoms with Crippen LogP contribution in [0.15, 0.2) is 51.9 Å². The van der Waals surface area contributed by atoms with Crippen LogP contribution < -0.4 is 10.3 Å². The molecule has 4 rings (SSSR count). The standard InChI is InChI=1S/C26H27N3O5/c1-16-25(17(2)34-28-16)21-13-18-12-20(23(31)9-5-7-11-30)26(32)29(22(18)14-24(21)33-3)15-19-8-4-6-10-27-19/h4,6,8,10,12-14,30H,5,7,9,11,15H2,1-3H3. The normalized spacial score (nSPS) is 11.2. The van der Waals surface area contributed by atoms with Crippen molar-refractivity contribution in [1.82, 2.24) is 14.7 Å². The van der Waals surface area contributed by atoms with Crippen LogP contribution in [0, 0.1) is 13.8 Å². The number of pyridine rings is 2. The summed E-state index contributed by atoms with van der Waals surface area (Å²) in [5.74, 6) is 0.972. The maximum absolute atomic E-state index is 13.5. The fourth-order valence-electron chi connectivity index (χ4n) is 4.18. The monoisotopic (exact) mass is 461 g/mol. The third-order valence-corrected chi connectivity index (χ3v) is 5.88. The summed E-state index contributed by atoms with van der Waals surface area (Å²) in [5, 5.41) is 13.8. The number of hydrogen-bond donors (Lipinski definition) is 1. The van der Waals surface area contributed by atoms with E-state index in [0.29, 0.717) is 35.6 Å². The molecule has 3 heterocycles. The first kappa shape index (κ1) is 23.4. The van der Waals surface area contributed by atoms with E-state index < -0.39 is 0 Å². The van der Waals surface area contributed by atoms with E-state index in [4.69, 9.17) is 14.4 Å². The summed E-state index contributed by atoms with van der Waals surface area (Å²) in [7, 11) is 1.57. The van der Waals surface area contributed by atoms with Crippen molar-refractivity contribution in [2.24, 2.45) is 0 Å². The fraction of sp³-hybridized carbons (Fsp3) is 0.308. The number of hydrogen-bond acceptors (Lipinski definition) is 7. The Kier molecular flexibility index (Phi) is 6.88. The molecule has 0 bridgehead atoms. The van der Waals surface area contributed by atoms with Gasteiger partial charge in [0.1, 0.15) is 11.5 Å². The van der Waals surface area contributed by atoms with Gasteiger partial charge in [-0.15, -0.1) is 0 Å². The molecule has 0 aliphatic carbocycles. The van der Waals surface area contributed by atoms with Gasteiger partial charge in [-0.05, 0) is 51.0 Å². The molecule has 1 N–H and O–H groups in total. The van der Waals surface area contributed by atoms with E-state index >= 15 is 0 Å². The Hall–Kier alpha value is -3.78. The van der Waals surface area contributed by atoms with E-state index in [9.17, 15) is 9.59 Å². The Morgan fingerprint density at radius 3 is 2.65 bits per heavy atom. The molecular formula is C26H27N3O5. The predicted octanol–water partition coefficient (Wildman–Crippen LogP) is 4.07. The number of carbonyl (C=O) groups is 1. The summed E-state index contributed by atoms with van der Waals surface area (Å²) in [5.41, 5.74) is 3.39. The number of ether oxygens (including phenoxy) is 1. The first-order valence-corrected chi connectivity index (χ1v) is 11.2. The molecule has 176 valence electrons. The van der Waals surface area contributed by atoms with Gasteiger partial charge in [0.05, 0.1) is 41.7 Å². The summed E-state index contributed by atoms with van der Waals surface area (Å²) in [6.45, 7) is 3.90. The molecule has 0 aliphatic heterocycles. The molecule has 34 heavy (non-hydrogen) atoms. The number of rotatable bonds is 9. The third kappa shape index (κ3) is 4.49. The van der Waals surface area contributed by atoms with Crippen molar-refractivity contribution in [1.29, 1.82) is 0 Å². The SMILES string of the molecule is COc1cc2c(cc1-c1c(C)noc1C)cc(C(=O)CCCCO)c(=O)n2Cc1ccccn1. The van der Waals surface area contributed by atoms with Gasteiger partial charge in [0.2, 0.25) is 0 Å². The number of carbonyl (C=O) groups excluding carboxylic acids is 1.